The second-order valence-corrected chi connectivity index (χ2v) is 8.86. The van der Waals surface area contributed by atoms with Crippen LogP contribution >= 0.6 is 11.8 Å². The molecular weight excluding hydrogens is 412 g/mol. The van der Waals surface area contributed by atoms with Crippen molar-refractivity contribution in [3.05, 3.63) is 48.4 Å². The van der Waals surface area contributed by atoms with Crippen molar-refractivity contribution in [3.63, 3.8) is 0 Å². The third-order valence-corrected chi connectivity index (χ3v) is 6.72. The number of hydrogen-bond acceptors (Lipinski definition) is 6. The van der Waals surface area contributed by atoms with Crippen LogP contribution in [0.15, 0.2) is 52.2 Å². The molecule has 1 aliphatic rings. The number of furan rings is 1. The summed E-state index contributed by atoms with van der Waals surface area (Å²) in [6.45, 7) is 4.77. The highest BCUT2D eigenvalue weighted by Gasteiger charge is 2.29. The normalized spacial score (nSPS) is 18.9. The van der Waals surface area contributed by atoms with Crippen LogP contribution in [-0.4, -0.2) is 50.5 Å². The van der Waals surface area contributed by atoms with Crippen LogP contribution in [0.1, 0.15) is 38.9 Å². The molecule has 3 heterocycles. The Morgan fingerprint density at radius 3 is 2.55 bits per heavy atom. The summed E-state index contributed by atoms with van der Waals surface area (Å²) >= 11 is 1.43. The first-order chi connectivity index (χ1) is 15.1. The Labute approximate surface area is 186 Å². The van der Waals surface area contributed by atoms with Crippen molar-refractivity contribution in [2.24, 2.45) is 0 Å². The minimum Gasteiger partial charge on any atom is -0.497 e. The Morgan fingerprint density at radius 1 is 1.16 bits per heavy atom. The number of likely N-dealkylation sites (tertiary alicyclic amines) is 1. The number of aromatic nitrogens is 3. The molecule has 2 aromatic heterocycles. The van der Waals surface area contributed by atoms with E-state index in [9.17, 15) is 4.79 Å². The van der Waals surface area contributed by atoms with Crippen LogP contribution in [0.25, 0.3) is 11.4 Å². The summed E-state index contributed by atoms with van der Waals surface area (Å²) in [4.78, 5) is 15.0. The highest BCUT2D eigenvalue weighted by molar-refractivity contribution is 7.99. The average Bonchev–Trinajstić information content (AvgIpc) is 3.43. The van der Waals surface area contributed by atoms with Gasteiger partial charge >= 0.3 is 0 Å². The minimum atomic E-state index is 0.156. The van der Waals surface area contributed by atoms with Crippen LogP contribution in [0.4, 0.5) is 0 Å². The summed E-state index contributed by atoms with van der Waals surface area (Å²) < 4.78 is 12.8. The Hall–Kier alpha value is -2.74. The molecule has 4 rings (SSSR count). The molecule has 31 heavy (non-hydrogen) atoms. The summed E-state index contributed by atoms with van der Waals surface area (Å²) in [5.74, 6) is 2.82. The number of thioether (sulfide) groups is 1. The SMILES string of the molecule is COc1ccc(-c2nnc(SCC(=O)N3C(C)CCCC3C)n2Cc2ccco2)cc1. The summed E-state index contributed by atoms with van der Waals surface area (Å²) in [7, 11) is 1.64. The predicted molar refractivity (Wildman–Crippen MR) is 120 cm³/mol. The molecule has 3 aromatic rings. The third-order valence-electron chi connectivity index (χ3n) is 5.77. The van der Waals surface area contributed by atoms with Crippen LogP contribution in [0.2, 0.25) is 0 Å². The first kappa shape index (κ1) is 21.5. The molecule has 164 valence electrons. The molecule has 0 N–H and O–H groups in total. The van der Waals surface area contributed by atoms with Gasteiger partial charge in [0, 0.05) is 17.6 Å². The van der Waals surface area contributed by atoms with Crippen molar-refractivity contribution < 1.29 is 13.9 Å². The number of benzene rings is 1. The molecule has 0 bridgehead atoms. The molecule has 1 fully saturated rings. The highest BCUT2D eigenvalue weighted by atomic mass is 32.2. The lowest BCUT2D eigenvalue weighted by Gasteiger charge is -2.39. The number of carbonyl (C=O) groups is 1. The first-order valence-electron chi connectivity index (χ1n) is 10.6. The second kappa shape index (κ2) is 9.60. The zero-order valence-electron chi connectivity index (χ0n) is 18.2. The van der Waals surface area contributed by atoms with Gasteiger partial charge in [0.05, 0.1) is 25.7 Å². The maximum atomic E-state index is 13.0. The standard InChI is InChI=1S/C23H28N4O3S/c1-16-6-4-7-17(2)27(16)21(28)15-31-23-25-24-22(18-9-11-19(29-3)12-10-18)26(23)14-20-8-5-13-30-20/h5,8-13,16-17H,4,6-7,14-15H2,1-3H3. The fourth-order valence-corrected chi connectivity index (χ4v) is 4.97. The van der Waals surface area contributed by atoms with Gasteiger partial charge in [-0.2, -0.15) is 0 Å². The van der Waals surface area contributed by atoms with Crippen LogP contribution in [0.5, 0.6) is 5.75 Å². The lowest BCUT2D eigenvalue weighted by Crippen LogP contribution is -2.48. The van der Waals surface area contributed by atoms with E-state index in [4.69, 9.17) is 9.15 Å². The Balaban J connectivity index is 1.56. The molecule has 0 aliphatic carbocycles. The van der Waals surface area contributed by atoms with Gasteiger partial charge in [-0.05, 0) is 69.5 Å². The minimum absolute atomic E-state index is 0.156. The van der Waals surface area contributed by atoms with Gasteiger partial charge in [-0.1, -0.05) is 11.8 Å². The van der Waals surface area contributed by atoms with E-state index in [-0.39, 0.29) is 18.0 Å². The second-order valence-electron chi connectivity index (χ2n) is 7.92. The summed E-state index contributed by atoms with van der Waals surface area (Å²) in [5.41, 5.74) is 0.927. The van der Waals surface area contributed by atoms with E-state index < -0.39 is 0 Å². The number of methoxy groups -OCH3 is 1. The van der Waals surface area contributed by atoms with E-state index in [1.807, 2.05) is 45.9 Å². The van der Waals surface area contributed by atoms with Gasteiger partial charge < -0.3 is 14.1 Å². The molecule has 7 nitrogen and oxygen atoms in total. The van der Waals surface area contributed by atoms with E-state index in [0.717, 1.165) is 35.7 Å². The highest BCUT2D eigenvalue weighted by Crippen LogP contribution is 2.28. The summed E-state index contributed by atoms with van der Waals surface area (Å²) in [6.07, 6.45) is 4.97. The first-order valence-corrected chi connectivity index (χ1v) is 11.6. The van der Waals surface area contributed by atoms with Gasteiger partial charge in [-0.15, -0.1) is 10.2 Å². The largest absolute Gasteiger partial charge is 0.497 e. The van der Waals surface area contributed by atoms with Crippen LogP contribution in [0, 0.1) is 0 Å². The maximum Gasteiger partial charge on any atom is 0.233 e. The molecule has 1 amide bonds. The third kappa shape index (κ3) is 4.79. The molecule has 1 aliphatic heterocycles. The van der Waals surface area contributed by atoms with Gasteiger partial charge in [-0.3, -0.25) is 9.36 Å². The molecule has 0 saturated carbocycles. The molecule has 0 spiro atoms. The Kier molecular flexibility index (Phi) is 6.65. The quantitative estimate of drug-likeness (QED) is 0.505. The van der Waals surface area contributed by atoms with Crippen molar-refractivity contribution in [2.45, 2.75) is 56.9 Å². The number of ether oxygens (including phenoxy) is 1. The van der Waals surface area contributed by atoms with Crippen LogP contribution in [-0.2, 0) is 11.3 Å². The molecule has 1 saturated heterocycles. The molecule has 1 aromatic carbocycles. The van der Waals surface area contributed by atoms with Crippen molar-refractivity contribution in [2.75, 3.05) is 12.9 Å². The van der Waals surface area contributed by atoms with Gasteiger partial charge in [0.2, 0.25) is 5.91 Å². The maximum absolute atomic E-state index is 13.0. The smallest absolute Gasteiger partial charge is 0.233 e. The van der Waals surface area contributed by atoms with Crippen LogP contribution < -0.4 is 4.74 Å². The zero-order valence-corrected chi connectivity index (χ0v) is 19.0. The van der Waals surface area contributed by atoms with Crippen LogP contribution in [0.3, 0.4) is 0 Å². The fourth-order valence-electron chi connectivity index (χ4n) is 4.16. The number of rotatable bonds is 7. The number of nitrogens with zero attached hydrogens (tertiary/aromatic N) is 4. The monoisotopic (exact) mass is 440 g/mol. The van der Waals surface area contributed by atoms with E-state index in [0.29, 0.717) is 17.5 Å². The van der Waals surface area contributed by atoms with Gasteiger partial charge in [0.1, 0.15) is 11.5 Å². The fraction of sp³-hybridized carbons (Fsp3) is 0.435. The summed E-state index contributed by atoms with van der Waals surface area (Å²) in [6, 6.07) is 12.1. The number of carbonyl (C=O) groups excluding carboxylic acids is 1. The Bertz CT molecular complexity index is 991. The van der Waals surface area contributed by atoms with Gasteiger partial charge in [-0.25, -0.2) is 0 Å². The molecule has 8 heteroatoms. The molecular formula is C23H28N4O3S. The molecule has 0 radical (unpaired) electrons. The van der Waals surface area contributed by atoms with E-state index in [1.165, 1.54) is 18.2 Å². The predicted octanol–water partition coefficient (Wildman–Crippen LogP) is 4.48. The molecule has 2 unspecified atom stereocenters. The van der Waals surface area contributed by atoms with E-state index in [2.05, 4.69) is 24.0 Å². The lowest BCUT2D eigenvalue weighted by molar-refractivity contribution is -0.134. The van der Waals surface area contributed by atoms with Crippen molar-refractivity contribution in [1.29, 1.82) is 0 Å². The van der Waals surface area contributed by atoms with Gasteiger partial charge in [0.25, 0.3) is 0 Å². The van der Waals surface area contributed by atoms with Crippen molar-refractivity contribution >= 4 is 17.7 Å². The average molecular weight is 441 g/mol. The Morgan fingerprint density at radius 2 is 1.90 bits per heavy atom. The molecule has 2 atom stereocenters. The number of hydrogen-bond donors (Lipinski definition) is 0. The van der Waals surface area contributed by atoms with Gasteiger partial charge in [0.15, 0.2) is 11.0 Å². The number of piperidine rings is 1. The topological polar surface area (TPSA) is 73.4 Å². The van der Waals surface area contributed by atoms with E-state index >= 15 is 0 Å². The van der Waals surface area contributed by atoms with Crippen molar-refractivity contribution in [3.8, 4) is 17.1 Å². The zero-order chi connectivity index (χ0) is 21.8. The number of amides is 1. The van der Waals surface area contributed by atoms with Crippen molar-refractivity contribution in [1.82, 2.24) is 19.7 Å². The van der Waals surface area contributed by atoms with E-state index in [1.54, 1.807) is 13.4 Å². The summed E-state index contributed by atoms with van der Waals surface area (Å²) in [5, 5.41) is 9.53. The lowest BCUT2D eigenvalue weighted by atomic mass is 9.98.